The first-order valence-electron chi connectivity index (χ1n) is 10.2. The molecule has 3 rings (SSSR count). The summed E-state index contributed by atoms with van der Waals surface area (Å²) < 4.78 is 65.3. The Balaban J connectivity index is 1.54. The molecule has 11 heteroatoms. The molecule has 2 heterocycles. The molecule has 172 valence electrons. The second-order valence-electron chi connectivity index (χ2n) is 7.79. The minimum atomic E-state index is -4.62. The zero-order valence-corrected chi connectivity index (χ0v) is 18.1. The summed E-state index contributed by atoms with van der Waals surface area (Å²) in [4.78, 5) is 18.8. The first kappa shape index (κ1) is 23.5. The Labute approximate surface area is 179 Å². The van der Waals surface area contributed by atoms with E-state index in [1.807, 2.05) is 6.92 Å². The molecule has 0 radical (unpaired) electrons. The van der Waals surface area contributed by atoms with Crippen LogP contribution in [0.25, 0.3) is 0 Å². The van der Waals surface area contributed by atoms with Crippen LogP contribution in [0.3, 0.4) is 0 Å². The fourth-order valence-corrected chi connectivity index (χ4v) is 5.28. The predicted octanol–water partition coefficient (Wildman–Crippen LogP) is 3.26. The average molecular weight is 462 g/mol. The maximum absolute atomic E-state index is 12.9. The maximum atomic E-state index is 12.9. The van der Waals surface area contributed by atoms with Crippen LogP contribution in [0, 0.1) is 0 Å². The molecule has 2 saturated heterocycles. The lowest BCUT2D eigenvalue weighted by atomic mass is 10.0. The number of hydrogen-bond acceptors (Lipinski definition) is 5. The lowest BCUT2D eigenvalue weighted by Crippen LogP contribution is -2.43. The molecule has 2 aliphatic heterocycles. The van der Waals surface area contributed by atoms with Gasteiger partial charge in [0.1, 0.15) is 0 Å². The number of carbonyl (C=O) groups is 1. The summed E-state index contributed by atoms with van der Waals surface area (Å²) in [5.41, 5.74) is -0.385. The van der Waals surface area contributed by atoms with Crippen molar-refractivity contribution in [3.05, 3.63) is 29.8 Å². The molecule has 0 N–H and O–H groups in total. The number of carbonyl (C=O) groups excluding carboxylic acids is 1. The molecular formula is C20H26F3N3O4S. The van der Waals surface area contributed by atoms with Crippen molar-refractivity contribution in [1.82, 2.24) is 9.21 Å². The van der Waals surface area contributed by atoms with Crippen LogP contribution in [0.2, 0.25) is 0 Å². The number of halogens is 3. The summed E-state index contributed by atoms with van der Waals surface area (Å²) in [6, 6.07) is 3.91. The first-order valence-corrected chi connectivity index (χ1v) is 11.7. The topological polar surface area (TPSA) is 79.3 Å². The van der Waals surface area contributed by atoms with Gasteiger partial charge < -0.3 is 9.74 Å². The van der Waals surface area contributed by atoms with E-state index in [9.17, 15) is 26.4 Å². The van der Waals surface area contributed by atoms with Gasteiger partial charge in [-0.2, -0.15) is 17.5 Å². The van der Waals surface area contributed by atoms with Gasteiger partial charge in [0, 0.05) is 38.5 Å². The SMILES string of the molecule is CC1CCCCN1C(=O)CON=C1CCN(S(=O)(=O)c2cccc(C(F)(F)F)c2)CC1. The van der Waals surface area contributed by atoms with E-state index in [1.54, 1.807) is 4.90 Å². The van der Waals surface area contributed by atoms with E-state index in [2.05, 4.69) is 5.16 Å². The molecule has 2 aliphatic rings. The number of rotatable bonds is 5. The highest BCUT2D eigenvalue weighted by Crippen LogP contribution is 2.31. The van der Waals surface area contributed by atoms with E-state index in [-0.39, 0.29) is 49.4 Å². The van der Waals surface area contributed by atoms with Gasteiger partial charge in [-0.25, -0.2) is 8.42 Å². The fourth-order valence-electron chi connectivity index (χ4n) is 3.79. The Kier molecular flexibility index (Phi) is 7.25. The average Bonchev–Trinajstić information content (AvgIpc) is 2.74. The quantitative estimate of drug-likeness (QED) is 0.631. The van der Waals surface area contributed by atoms with Gasteiger partial charge in [0.2, 0.25) is 10.0 Å². The summed E-state index contributed by atoms with van der Waals surface area (Å²) in [7, 11) is -4.05. The Morgan fingerprint density at radius 1 is 1.19 bits per heavy atom. The van der Waals surface area contributed by atoms with Crippen molar-refractivity contribution in [1.29, 1.82) is 0 Å². The van der Waals surface area contributed by atoms with Crippen LogP contribution in [0.1, 0.15) is 44.6 Å². The number of piperidine rings is 2. The minimum absolute atomic E-state index is 0.0812. The molecule has 0 spiro atoms. The Bertz CT molecular complexity index is 924. The van der Waals surface area contributed by atoms with Gasteiger partial charge in [0.15, 0.2) is 6.61 Å². The summed E-state index contributed by atoms with van der Waals surface area (Å²) in [5.74, 6) is -0.124. The highest BCUT2D eigenvalue weighted by molar-refractivity contribution is 7.89. The third-order valence-corrected chi connectivity index (χ3v) is 7.50. The van der Waals surface area contributed by atoms with Gasteiger partial charge in [0.25, 0.3) is 5.91 Å². The second kappa shape index (κ2) is 9.56. The van der Waals surface area contributed by atoms with Gasteiger partial charge in [-0.3, -0.25) is 4.79 Å². The molecule has 1 aromatic rings. The van der Waals surface area contributed by atoms with Crippen molar-refractivity contribution in [3.63, 3.8) is 0 Å². The molecule has 7 nitrogen and oxygen atoms in total. The van der Waals surface area contributed by atoms with Gasteiger partial charge in [-0.05, 0) is 44.4 Å². The van der Waals surface area contributed by atoms with E-state index in [4.69, 9.17) is 4.84 Å². The Morgan fingerprint density at radius 2 is 1.90 bits per heavy atom. The molecule has 0 saturated carbocycles. The zero-order valence-electron chi connectivity index (χ0n) is 17.3. The van der Waals surface area contributed by atoms with Crippen LogP contribution in [0.5, 0.6) is 0 Å². The van der Waals surface area contributed by atoms with Crippen molar-refractivity contribution in [2.24, 2.45) is 5.16 Å². The van der Waals surface area contributed by atoms with Gasteiger partial charge in [-0.1, -0.05) is 11.2 Å². The fraction of sp³-hybridized carbons (Fsp3) is 0.600. The van der Waals surface area contributed by atoms with E-state index < -0.39 is 21.8 Å². The lowest BCUT2D eigenvalue weighted by molar-refractivity contribution is -0.139. The molecule has 1 amide bonds. The summed E-state index contributed by atoms with van der Waals surface area (Å²) in [6.45, 7) is 2.71. The van der Waals surface area contributed by atoms with Crippen molar-refractivity contribution in [2.75, 3.05) is 26.2 Å². The molecule has 1 aromatic carbocycles. The Hall–Kier alpha value is -2.14. The number of likely N-dealkylation sites (tertiary alicyclic amines) is 1. The number of alkyl halides is 3. The van der Waals surface area contributed by atoms with E-state index in [0.29, 0.717) is 18.3 Å². The van der Waals surface area contributed by atoms with E-state index >= 15 is 0 Å². The van der Waals surface area contributed by atoms with Crippen LogP contribution in [0.4, 0.5) is 13.2 Å². The summed E-state index contributed by atoms with van der Waals surface area (Å²) in [6.07, 6.45) is -1.00. The smallest absolute Gasteiger partial charge is 0.386 e. The van der Waals surface area contributed by atoms with Crippen molar-refractivity contribution in [2.45, 2.75) is 56.1 Å². The molecule has 0 bridgehead atoms. The predicted molar refractivity (Wildman–Crippen MR) is 108 cm³/mol. The monoisotopic (exact) mass is 461 g/mol. The number of amides is 1. The van der Waals surface area contributed by atoms with Gasteiger partial charge >= 0.3 is 6.18 Å². The van der Waals surface area contributed by atoms with Crippen molar-refractivity contribution < 1.29 is 31.2 Å². The number of benzene rings is 1. The molecule has 2 fully saturated rings. The third-order valence-electron chi connectivity index (χ3n) is 5.60. The molecule has 31 heavy (non-hydrogen) atoms. The molecular weight excluding hydrogens is 435 g/mol. The van der Waals surface area contributed by atoms with Crippen LogP contribution < -0.4 is 0 Å². The first-order chi connectivity index (χ1) is 14.6. The summed E-state index contributed by atoms with van der Waals surface area (Å²) >= 11 is 0. The van der Waals surface area contributed by atoms with Crippen LogP contribution in [-0.2, 0) is 25.8 Å². The van der Waals surface area contributed by atoms with Crippen molar-refractivity contribution >= 4 is 21.6 Å². The molecule has 1 atom stereocenters. The normalized spacial score (nSPS) is 21.1. The van der Waals surface area contributed by atoms with Gasteiger partial charge in [-0.15, -0.1) is 0 Å². The second-order valence-corrected chi connectivity index (χ2v) is 9.73. The highest BCUT2D eigenvalue weighted by atomic mass is 32.2. The Morgan fingerprint density at radius 3 is 2.55 bits per heavy atom. The molecule has 0 aliphatic carbocycles. The lowest BCUT2D eigenvalue weighted by Gasteiger charge is -2.33. The largest absolute Gasteiger partial charge is 0.416 e. The summed E-state index contributed by atoms with van der Waals surface area (Å²) in [5, 5.41) is 3.98. The number of hydrogen-bond donors (Lipinski definition) is 0. The maximum Gasteiger partial charge on any atom is 0.416 e. The van der Waals surface area contributed by atoms with Crippen molar-refractivity contribution in [3.8, 4) is 0 Å². The van der Waals surface area contributed by atoms with Crippen LogP contribution in [-0.4, -0.2) is 61.5 Å². The third kappa shape index (κ3) is 5.76. The van der Waals surface area contributed by atoms with Gasteiger partial charge in [0.05, 0.1) is 16.2 Å². The zero-order chi connectivity index (χ0) is 22.6. The number of oxime groups is 1. The molecule has 1 unspecified atom stereocenters. The number of sulfonamides is 1. The van der Waals surface area contributed by atoms with E-state index in [0.717, 1.165) is 41.8 Å². The standard InChI is InChI=1S/C20H26F3N3O4S/c1-15-5-2-3-10-26(15)19(27)14-30-24-17-8-11-25(12-9-17)31(28,29)18-7-4-6-16(13-18)20(21,22)23/h4,6-7,13,15H,2-3,5,8-12,14H2,1H3. The highest BCUT2D eigenvalue weighted by Gasteiger charge is 2.34. The molecule has 0 aromatic heterocycles. The van der Waals surface area contributed by atoms with E-state index in [1.165, 1.54) is 0 Å². The van der Waals surface area contributed by atoms with Crippen LogP contribution >= 0.6 is 0 Å². The number of nitrogens with zero attached hydrogens (tertiary/aromatic N) is 3. The van der Waals surface area contributed by atoms with Crippen LogP contribution in [0.15, 0.2) is 34.3 Å². The minimum Gasteiger partial charge on any atom is -0.386 e.